The fraction of sp³-hybridized carbons (Fsp3) is 0.250. The molecule has 0 aliphatic rings. The Bertz CT molecular complexity index is 580. The van der Waals surface area contributed by atoms with Crippen LogP contribution >= 0.6 is 0 Å². The molecular formula is C8H8N4O3. The van der Waals surface area contributed by atoms with E-state index in [4.69, 9.17) is 4.52 Å². The maximum atomic E-state index is 11.3. The molecule has 0 saturated carbocycles. The number of nitrogens with zero attached hydrogens (tertiary/aromatic N) is 3. The zero-order valence-corrected chi connectivity index (χ0v) is 7.93. The summed E-state index contributed by atoms with van der Waals surface area (Å²) in [5.74, 6) is 0.823. The van der Waals surface area contributed by atoms with Gasteiger partial charge in [-0.15, -0.1) is 0 Å². The summed E-state index contributed by atoms with van der Waals surface area (Å²) in [6, 6.07) is 1.26. The third-order valence-electron chi connectivity index (χ3n) is 1.78. The molecule has 0 aliphatic heterocycles. The van der Waals surface area contributed by atoms with Crippen LogP contribution in [0.2, 0.25) is 0 Å². The molecule has 78 valence electrons. The molecule has 7 heteroatoms. The van der Waals surface area contributed by atoms with Crippen LogP contribution < -0.4 is 11.2 Å². The molecule has 2 rings (SSSR count). The number of hydrogen-bond acceptors (Lipinski definition) is 5. The number of H-pyrrole nitrogens is 1. The lowest BCUT2D eigenvalue weighted by Gasteiger charge is -1.98. The van der Waals surface area contributed by atoms with E-state index in [9.17, 15) is 9.59 Å². The Morgan fingerprint density at radius 3 is 2.93 bits per heavy atom. The summed E-state index contributed by atoms with van der Waals surface area (Å²) in [6.07, 6.45) is 1.38. The predicted molar refractivity (Wildman–Crippen MR) is 49.5 cm³/mol. The van der Waals surface area contributed by atoms with Gasteiger partial charge in [-0.1, -0.05) is 5.16 Å². The van der Waals surface area contributed by atoms with Crippen molar-refractivity contribution in [3.63, 3.8) is 0 Å². The molecule has 0 aromatic carbocycles. The van der Waals surface area contributed by atoms with E-state index in [1.807, 2.05) is 0 Å². The Morgan fingerprint density at radius 2 is 2.33 bits per heavy atom. The molecule has 0 radical (unpaired) electrons. The van der Waals surface area contributed by atoms with Crippen LogP contribution in [0.5, 0.6) is 0 Å². The number of aromatic nitrogens is 4. The van der Waals surface area contributed by atoms with Crippen molar-refractivity contribution in [1.82, 2.24) is 19.7 Å². The van der Waals surface area contributed by atoms with Gasteiger partial charge >= 0.3 is 5.69 Å². The molecule has 0 fully saturated rings. The van der Waals surface area contributed by atoms with Crippen LogP contribution in [0.3, 0.4) is 0 Å². The number of rotatable bonds is 2. The smallest absolute Gasteiger partial charge is 0.328 e. The van der Waals surface area contributed by atoms with Gasteiger partial charge in [-0.05, 0) is 0 Å². The maximum Gasteiger partial charge on any atom is 0.328 e. The van der Waals surface area contributed by atoms with Gasteiger partial charge in [0.25, 0.3) is 5.56 Å². The van der Waals surface area contributed by atoms with E-state index in [0.29, 0.717) is 11.7 Å². The van der Waals surface area contributed by atoms with Crippen LogP contribution in [0, 0.1) is 6.92 Å². The molecule has 0 saturated heterocycles. The molecule has 0 unspecified atom stereocenters. The minimum atomic E-state index is -0.495. The number of nitrogens with one attached hydrogen (secondary N) is 1. The largest absolute Gasteiger partial charge is 0.340 e. The highest BCUT2D eigenvalue weighted by Gasteiger charge is 2.04. The van der Waals surface area contributed by atoms with Crippen LogP contribution in [0.4, 0.5) is 0 Å². The molecule has 0 aliphatic carbocycles. The summed E-state index contributed by atoms with van der Waals surface area (Å²) >= 11 is 0. The van der Waals surface area contributed by atoms with E-state index < -0.39 is 11.2 Å². The van der Waals surface area contributed by atoms with Gasteiger partial charge in [0.1, 0.15) is 0 Å². The van der Waals surface area contributed by atoms with E-state index in [2.05, 4.69) is 15.1 Å². The Kier molecular flexibility index (Phi) is 2.20. The number of hydrogen-bond donors (Lipinski definition) is 1. The molecule has 15 heavy (non-hydrogen) atoms. The highest BCUT2D eigenvalue weighted by molar-refractivity contribution is 4.89. The van der Waals surface area contributed by atoms with Crippen molar-refractivity contribution >= 4 is 0 Å². The Labute approximate surface area is 83.4 Å². The molecule has 0 bridgehead atoms. The van der Waals surface area contributed by atoms with Crippen LogP contribution in [-0.4, -0.2) is 19.7 Å². The molecule has 1 N–H and O–H groups in total. The quantitative estimate of drug-likeness (QED) is 0.702. The molecule has 0 spiro atoms. The molecule has 2 aromatic rings. The lowest BCUT2D eigenvalue weighted by Crippen LogP contribution is -2.29. The second kappa shape index (κ2) is 3.52. The summed E-state index contributed by atoms with van der Waals surface area (Å²) in [7, 11) is 0. The molecule has 0 atom stereocenters. The van der Waals surface area contributed by atoms with Crippen molar-refractivity contribution in [1.29, 1.82) is 0 Å². The van der Waals surface area contributed by atoms with Gasteiger partial charge in [0.2, 0.25) is 5.89 Å². The molecule has 2 aromatic heterocycles. The zero-order chi connectivity index (χ0) is 10.8. The highest BCUT2D eigenvalue weighted by atomic mass is 16.5. The van der Waals surface area contributed by atoms with Crippen molar-refractivity contribution in [2.24, 2.45) is 0 Å². The van der Waals surface area contributed by atoms with Crippen LogP contribution in [-0.2, 0) is 6.54 Å². The normalized spacial score (nSPS) is 10.5. The first-order valence-electron chi connectivity index (χ1n) is 4.24. The third kappa shape index (κ3) is 2.01. The van der Waals surface area contributed by atoms with E-state index in [0.717, 1.165) is 0 Å². The SMILES string of the molecule is Cc1nc(Cn2ccc(=O)[nH]c2=O)no1. The van der Waals surface area contributed by atoms with Crippen molar-refractivity contribution in [3.05, 3.63) is 44.8 Å². The average molecular weight is 208 g/mol. The number of aryl methyl sites for hydroxylation is 1. The van der Waals surface area contributed by atoms with Gasteiger partial charge in [-0.2, -0.15) is 4.98 Å². The van der Waals surface area contributed by atoms with Gasteiger partial charge in [0.15, 0.2) is 5.82 Å². The fourth-order valence-electron chi connectivity index (χ4n) is 1.13. The third-order valence-corrected chi connectivity index (χ3v) is 1.78. The fourth-order valence-corrected chi connectivity index (χ4v) is 1.13. The van der Waals surface area contributed by atoms with E-state index in [-0.39, 0.29) is 6.54 Å². The van der Waals surface area contributed by atoms with Crippen LogP contribution in [0.15, 0.2) is 26.4 Å². The zero-order valence-electron chi connectivity index (χ0n) is 7.93. The molecule has 0 amide bonds. The Balaban J connectivity index is 2.32. The van der Waals surface area contributed by atoms with Crippen LogP contribution in [0.1, 0.15) is 11.7 Å². The van der Waals surface area contributed by atoms with Gasteiger partial charge < -0.3 is 4.52 Å². The summed E-state index contributed by atoms with van der Waals surface area (Å²) in [6.45, 7) is 1.83. The summed E-state index contributed by atoms with van der Waals surface area (Å²) in [5, 5.41) is 3.64. The first kappa shape index (κ1) is 9.38. The lowest BCUT2D eigenvalue weighted by molar-refractivity contribution is 0.385. The first-order valence-corrected chi connectivity index (χ1v) is 4.24. The first-order chi connectivity index (χ1) is 7.15. The van der Waals surface area contributed by atoms with Gasteiger partial charge in [0, 0.05) is 19.2 Å². The van der Waals surface area contributed by atoms with E-state index in [1.54, 1.807) is 6.92 Å². The maximum absolute atomic E-state index is 11.3. The van der Waals surface area contributed by atoms with Gasteiger partial charge in [-0.3, -0.25) is 14.3 Å². The number of aromatic amines is 1. The lowest BCUT2D eigenvalue weighted by atomic mass is 10.5. The predicted octanol–water partition coefficient (Wildman–Crippen LogP) is -0.724. The minimum absolute atomic E-state index is 0.174. The van der Waals surface area contributed by atoms with Crippen molar-refractivity contribution in [2.45, 2.75) is 13.5 Å². The standard InChI is InChI=1S/C8H8N4O3/c1-5-9-6(11-15-5)4-12-3-2-7(13)10-8(12)14/h2-3H,4H2,1H3,(H,10,13,14). The monoisotopic (exact) mass is 208 g/mol. The minimum Gasteiger partial charge on any atom is -0.340 e. The van der Waals surface area contributed by atoms with E-state index >= 15 is 0 Å². The molecular weight excluding hydrogens is 200 g/mol. The van der Waals surface area contributed by atoms with Gasteiger partial charge in [0.05, 0.1) is 6.54 Å². The highest BCUT2D eigenvalue weighted by Crippen LogP contribution is 1.95. The Hall–Kier alpha value is -2.18. The van der Waals surface area contributed by atoms with E-state index in [1.165, 1.54) is 16.8 Å². The Morgan fingerprint density at radius 1 is 1.53 bits per heavy atom. The average Bonchev–Trinajstić information content (AvgIpc) is 2.56. The van der Waals surface area contributed by atoms with Crippen molar-refractivity contribution in [2.75, 3.05) is 0 Å². The van der Waals surface area contributed by atoms with Crippen molar-refractivity contribution in [3.8, 4) is 0 Å². The summed E-state index contributed by atoms with van der Waals surface area (Å²) in [4.78, 5) is 28.1. The summed E-state index contributed by atoms with van der Waals surface area (Å²) < 4.78 is 6.04. The topological polar surface area (TPSA) is 93.8 Å². The molecule has 2 heterocycles. The second-order valence-corrected chi connectivity index (χ2v) is 2.97. The summed E-state index contributed by atoms with van der Waals surface area (Å²) in [5.41, 5.74) is -0.925. The second-order valence-electron chi connectivity index (χ2n) is 2.97. The van der Waals surface area contributed by atoms with Gasteiger partial charge in [-0.25, -0.2) is 4.79 Å². The van der Waals surface area contributed by atoms with Crippen LogP contribution in [0.25, 0.3) is 0 Å². The van der Waals surface area contributed by atoms with Crippen molar-refractivity contribution < 1.29 is 4.52 Å². The molecule has 7 nitrogen and oxygen atoms in total.